The van der Waals surface area contributed by atoms with E-state index >= 15 is 0 Å². The molecule has 3 aromatic rings. The molecule has 39 heavy (non-hydrogen) atoms. The summed E-state index contributed by atoms with van der Waals surface area (Å²) in [7, 11) is 1.96. The molecule has 0 bridgehead atoms. The number of fused-ring (bicyclic) bond motifs is 1. The molecule has 0 aliphatic heterocycles. The first-order chi connectivity index (χ1) is 18.8. The molecular weight excluding hydrogens is 494 g/mol. The zero-order valence-electron chi connectivity index (χ0n) is 23.3. The van der Waals surface area contributed by atoms with E-state index in [4.69, 9.17) is 9.47 Å². The maximum Gasteiger partial charge on any atom is 0.338 e. The Kier molecular flexibility index (Phi) is 11.3. The molecule has 3 rings (SSSR count). The van der Waals surface area contributed by atoms with E-state index in [1.807, 2.05) is 56.4 Å². The summed E-state index contributed by atoms with van der Waals surface area (Å²) in [6.07, 6.45) is 2.07. The SMILES string of the molecule is CCCCOc1cc(C(=O)OCCN(C)CC)ccc1NC(=O)[C@@H](Cc1ccc2ccccc2c1)NC(C)=O. The van der Waals surface area contributed by atoms with Crippen LogP contribution in [0.1, 0.15) is 49.5 Å². The molecule has 208 valence electrons. The predicted molar refractivity (Wildman–Crippen MR) is 154 cm³/mol. The van der Waals surface area contributed by atoms with Gasteiger partial charge in [-0.1, -0.05) is 62.7 Å². The summed E-state index contributed by atoms with van der Waals surface area (Å²) in [6, 6.07) is 18.0. The van der Waals surface area contributed by atoms with Gasteiger partial charge in [0.2, 0.25) is 11.8 Å². The van der Waals surface area contributed by atoms with Crippen LogP contribution in [0.2, 0.25) is 0 Å². The van der Waals surface area contributed by atoms with Crippen LogP contribution in [-0.2, 0) is 20.7 Å². The standard InChI is InChI=1S/C31H39N3O5/c1-5-7-17-38-29-21-26(31(37)39-18-16-34(4)6-2)14-15-27(29)33-30(36)28(32-22(3)35)20-23-12-13-24-10-8-9-11-25(24)19-23/h8-15,19,21,28H,5-7,16-18,20H2,1-4H3,(H,32,35)(H,33,36)/t28-/m1/s1. The first-order valence-electron chi connectivity index (χ1n) is 13.5. The number of amides is 2. The molecule has 8 nitrogen and oxygen atoms in total. The highest BCUT2D eigenvalue weighted by Crippen LogP contribution is 2.27. The van der Waals surface area contributed by atoms with Crippen LogP contribution in [0.3, 0.4) is 0 Å². The summed E-state index contributed by atoms with van der Waals surface area (Å²) < 4.78 is 11.3. The number of unbranched alkanes of at least 4 members (excludes halogenated alkanes) is 1. The molecule has 0 fully saturated rings. The zero-order chi connectivity index (χ0) is 28.2. The number of esters is 1. The monoisotopic (exact) mass is 533 g/mol. The first kappa shape index (κ1) is 29.6. The number of hydrogen-bond acceptors (Lipinski definition) is 6. The zero-order valence-corrected chi connectivity index (χ0v) is 23.3. The van der Waals surface area contributed by atoms with E-state index in [-0.39, 0.29) is 18.4 Å². The van der Waals surface area contributed by atoms with Gasteiger partial charge in [0.25, 0.3) is 0 Å². The second-order valence-electron chi connectivity index (χ2n) is 9.57. The predicted octanol–water partition coefficient (Wildman–Crippen LogP) is 4.81. The fourth-order valence-electron chi connectivity index (χ4n) is 4.01. The van der Waals surface area contributed by atoms with E-state index < -0.39 is 12.0 Å². The van der Waals surface area contributed by atoms with Crippen molar-refractivity contribution in [1.29, 1.82) is 0 Å². The molecule has 0 saturated carbocycles. The summed E-state index contributed by atoms with van der Waals surface area (Å²) in [5.41, 5.74) is 1.69. The fourth-order valence-corrected chi connectivity index (χ4v) is 4.01. The Balaban J connectivity index is 1.77. The lowest BCUT2D eigenvalue weighted by Gasteiger charge is -2.20. The van der Waals surface area contributed by atoms with E-state index in [1.165, 1.54) is 6.92 Å². The van der Waals surface area contributed by atoms with Gasteiger partial charge in [-0.15, -0.1) is 0 Å². The van der Waals surface area contributed by atoms with Crippen LogP contribution in [-0.4, -0.2) is 62.1 Å². The number of carbonyl (C=O) groups is 3. The topological polar surface area (TPSA) is 97.0 Å². The fraction of sp³-hybridized carbons (Fsp3) is 0.387. The minimum atomic E-state index is -0.799. The van der Waals surface area contributed by atoms with Gasteiger partial charge in [-0.2, -0.15) is 0 Å². The molecule has 0 aliphatic rings. The highest BCUT2D eigenvalue weighted by molar-refractivity contribution is 5.99. The molecule has 3 aromatic carbocycles. The largest absolute Gasteiger partial charge is 0.491 e. The van der Waals surface area contributed by atoms with Gasteiger partial charge >= 0.3 is 5.97 Å². The summed E-state index contributed by atoms with van der Waals surface area (Å²) >= 11 is 0. The maximum atomic E-state index is 13.4. The van der Waals surface area contributed by atoms with Crippen molar-refractivity contribution < 1.29 is 23.9 Å². The van der Waals surface area contributed by atoms with Gasteiger partial charge in [0.05, 0.1) is 17.9 Å². The van der Waals surface area contributed by atoms with Crippen molar-refractivity contribution in [3.05, 3.63) is 71.8 Å². The highest BCUT2D eigenvalue weighted by Gasteiger charge is 2.22. The lowest BCUT2D eigenvalue weighted by molar-refractivity contribution is -0.125. The van der Waals surface area contributed by atoms with Crippen molar-refractivity contribution in [2.75, 3.05) is 38.7 Å². The minimum Gasteiger partial charge on any atom is -0.491 e. The van der Waals surface area contributed by atoms with Gasteiger partial charge in [-0.05, 0) is 54.5 Å². The third-order valence-corrected chi connectivity index (χ3v) is 6.42. The van der Waals surface area contributed by atoms with Crippen LogP contribution in [0.4, 0.5) is 5.69 Å². The molecule has 2 N–H and O–H groups in total. The molecule has 0 spiro atoms. The van der Waals surface area contributed by atoms with E-state index in [1.54, 1.807) is 18.2 Å². The molecule has 0 heterocycles. The number of nitrogens with one attached hydrogen (secondary N) is 2. The van der Waals surface area contributed by atoms with Gasteiger partial charge < -0.3 is 25.0 Å². The average Bonchev–Trinajstić information content (AvgIpc) is 2.93. The third kappa shape index (κ3) is 9.11. The van der Waals surface area contributed by atoms with Crippen molar-refractivity contribution in [3.8, 4) is 5.75 Å². The number of rotatable bonds is 14. The Morgan fingerprint density at radius 1 is 0.949 bits per heavy atom. The van der Waals surface area contributed by atoms with Crippen LogP contribution in [0, 0.1) is 0 Å². The Hall–Kier alpha value is -3.91. The summed E-state index contributed by atoms with van der Waals surface area (Å²) in [5, 5.41) is 7.83. The van der Waals surface area contributed by atoms with Gasteiger partial charge in [0.15, 0.2) is 0 Å². The number of likely N-dealkylation sites (N-methyl/N-ethyl adjacent to an activating group) is 1. The van der Waals surface area contributed by atoms with Crippen molar-refractivity contribution in [1.82, 2.24) is 10.2 Å². The summed E-state index contributed by atoms with van der Waals surface area (Å²) in [6.45, 7) is 7.69. The number of carbonyl (C=O) groups excluding carboxylic acids is 3. The van der Waals surface area contributed by atoms with Crippen molar-refractivity contribution in [2.45, 2.75) is 46.1 Å². The third-order valence-electron chi connectivity index (χ3n) is 6.42. The van der Waals surface area contributed by atoms with E-state index in [9.17, 15) is 14.4 Å². The van der Waals surface area contributed by atoms with Crippen molar-refractivity contribution in [2.24, 2.45) is 0 Å². The Bertz CT molecular complexity index is 1280. The highest BCUT2D eigenvalue weighted by atomic mass is 16.5. The van der Waals surface area contributed by atoms with Gasteiger partial charge in [-0.3, -0.25) is 9.59 Å². The number of hydrogen-bond donors (Lipinski definition) is 2. The van der Waals surface area contributed by atoms with Crippen LogP contribution in [0.25, 0.3) is 10.8 Å². The average molecular weight is 534 g/mol. The summed E-state index contributed by atoms with van der Waals surface area (Å²) in [5.74, 6) is -0.756. The quantitative estimate of drug-likeness (QED) is 0.228. The lowest BCUT2D eigenvalue weighted by atomic mass is 10.0. The van der Waals surface area contributed by atoms with E-state index in [0.29, 0.717) is 36.6 Å². The van der Waals surface area contributed by atoms with Gasteiger partial charge in [0.1, 0.15) is 18.4 Å². The Morgan fingerprint density at radius 3 is 2.44 bits per heavy atom. The van der Waals surface area contributed by atoms with Crippen LogP contribution < -0.4 is 15.4 Å². The van der Waals surface area contributed by atoms with E-state index in [0.717, 1.165) is 35.7 Å². The number of benzene rings is 3. The maximum absolute atomic E-state index is 13.4. The Labute approximate surface area is 230 Å². The second kappa shape index (κ2) is 14.9. The molecule has 1 atom stereocenters. The molecule has 8 heteroatoms. The molecular formula is C31H39N3O5. The van der Waals surface area contributed by atoms with Crippen LogP contribution in [0.15, 0.2) is 60.7 Å². The van der Waals surface area contributed by atoms with E-state index in [2.05, 4.69) is 22.5 Å². The van der Waals surface area contributed by atoms with Gasteiger partial charge in [-0.25, -0.2) is 4.79 Å². The first-order valence-corrected chi connectivity index (χ1v) is 13.5. The smallest absolute Gasteiger partial charge is 0.338 e. The molecule has 0 unspecified atom stereocenters. The number of anilines is 1. The second-order valence-corrected chi connectivity index (χ2v) is 9.57. The van der Waals surface area contributed by atoms with Crippen molar-refractivity contribution in [3.63, 3.8) is 0 Å². The lowest BCUT2D eigenvalue weighted by Crippen LogP contribution is -2.44. The Morgan fingerprint density at radius 2 is 1.72 bits per heavy atom. The molecule has 2 amide bonds. The molecule has 0 aromatic heterocycles. The van der Waals surface area contributed by atoms with Crippen LogP contribution >= 0.6 is 0 Å². The molecule has 0 saturated heterocycles. The molecule has 0 aliphatic carbocycles. The summed E-state index contributed by atoms with van der Waals surface area (Å²) in [4.78, 5) is 40.0. The minimum absolute atomic E-state index is 0.279. The number of nitrogens with zero attached hydrogens (tertiary/aromatic N) is 1. The van der Waals surface area contributed by atoms with Crippen LogP contribution in [0.5, 0.6) is 5.75 Å². The normalized spacial score (nSPS) is 11.7. The molecule has 0 radical (unpaired) electrons. The number of ether oxygens (including phenoxy) is 2. The van der Waals surface area contributed by atoms with Crippen molar-refractivity contribution >= 4 is 34.2 Å². The van der Waals surface area contributed by atoms with Gasteiger partial charge in [0, 0.05) is 19.9 Å².